The Bertz CT molecular complexity index is 1150. The predicted molar refractivity (Wildman–Crippen MR) is 113 cm³/mol. The molecule has 0 atom stereocenters. The predicted octanol–water partition coefficient (Wildman–Crippen LogP) is 4.46. The van der Waals surface area contributed by atoms with Crippen LogP contribution in [0.15, 0.2) is 54.6 Å². The number of fused-ring (bicyclic) bond motifs is 4. The van der Waals surface area contributed by atoms with Crippen LogP contribution in [0.5, 0.6) is 5.75 Å². The van der Waals surface area contributed by atoms with Gasteiger partial charge in [-0.2, -0.15) is 9.61 Å². The molecule has 5 rings (SSSR count). The third-order valence-corrected chi connectivity index (χ3v) is 5.75. The Morgan fingerprint density at radius 2 is 1.69 bits per heavy atom. The van der Waals surface area contributed by atoms with E-state index < -0.39 is 0 Å². The van der Waals surface area contributed by atoms with Crippen molar-refractivity contribution in [3.8, 4) is 17.0 Å². The number of aromatic nitrogens is 4. The summed E-state index contributed by atoms with van der Waals surface area (Å²) in [6, 6.07) is 19.0. The summed E-state index contributed by atoms with van der Waals surface area (Å²) in [4.78, 5) is 0. The van der Waals surface area contributed by atoms with Crippen molar-refractivity contribution in [1.82, 2.24) is 19.8 Å². The number of benzene rings is 2. The zero-order chi connectivity index (χ0) is 19.6. The van der Waals surface area contributed by atoms with Crippen molar-refractivity contribution in [1.29, 1.82) is 0 Å². The van der Waals surface area contributed by atoms with Crippen molar-refractivity contribution < 1.29 is 4.74 Å². The van der Waals surface area contributed by atoms with Gasteiger partial charge in [0, 0.05) is 12.0 Å². The van der Waals surface area contributed by atoms with E-state index in [1.54, 1.807) is 7.11 Å². The second-order valence-electron chi connectivity index (χ2n) is 7.62. The Balaban J connectivity index is 1.31. The first-order valence-corrected chi connectivity index (χ1v) is 10.3. The summed E-state index contributed by atoms with van der Waals surface area (Å²) in [6.45, 7) is 0. The van der Waals surface area contributed by atoms with Gasteiger partial charge in [0.15, 0.2) is 11.5 Å². The molecule has 0 aliphatic heterocycles. The van der Waals surface area contributed by atoms with Crippen LogP contribution in [0.3, 0.4) is 0 Å². The highest BCUT2D eigenvalue weighted by Crippen LogP contribution is 2.32. The van der Waals surface area contributed by atoms with Gasteiger partial charge in [-0.15, -0.1) is 10.2 Å². The highest BCUT2D eigenvalue weighted by atomic mass is 16.5. The van der Waals surface area contributed by atoms with Gasteiger partial charge < -0.3 is 4.74 Å². The Morgan fingerprint density at radius 3 is 2.55 bits per heavy atom. The lowest BCUT2D eigenvalue weighted by molar-refractivity contribution is 0.414. The van der Waals surface area contributed by atoms with Gasteiger partial charge in [-0.3, -0.25) is 0 Å². The fourth-order valence-corrected chi connectivity index (χ4v) is 4.13. The van der Waals surface area contributed by atoms with Crippen LogP contribution in [0.1, 0.15) is 35.4 Å². The van der Waals surface area contributed by atoms with Crippen molar-refractivity contribution in [2.45, 2.75) is 38.5 Å². The van der Waals surface area contributed by atoms with Crippen molar-refractivity contribution in [3.05, 3.63) is 77.1 Å². The van der Waals surface area contributed by atoms with Crippen molar-refractivity contribution in [2.75, 3.05) is 7.11 Å². The summed E-state index contributed by atoms with van der Waals surface area (Å²) >= 11 is 0. The quantitative estimate of drug-likeness (QED) is 0.461. The molecule has 146 valence electrons. The molecule has 2 aromatic heterocycles. The molecule has 0 radical (unpaired) electrons. The summed E-state index contributed by atoms with van der Waals surface area (Å²) in [5.41, 5.74) is 7.16. The number of ether oxygens (including phenoxy) is 1. The summed E-state index contributed by atoms with van der Waals surface area (Å²) in [5, 5.41) is 13.7. The normalized spacial score (nSPS) is 12.6. The molecule has 29 heavy (non-hydrogen) atoms. The smallest absolute Gasteiger partial charge is 0.178 e. The first kappa shape index (κ1) is 17.9. The lowest BCUT2D eigenvalue weighted by Gasteiger charge is -2.18. The monoisotopic (exact) mass is 384 g/mol. The molecule has 4 aromatic rings. The Labute approximate surface area is 170 Å². The average molecular weight is 384 g/mol. The minimum atomic E-state index is 0.855. The van der Waals surface area contributed by atoms with Crippen LogP contribution < -0.4 is 4.74 Å². The minimum Gasteiger partial charge on any atom is -0.497 e. The molecular formula is C24H24N4O. The van der Waals surface area contributed by atoms with Gasteiger partial charge in [0.25, 0.3) is 0 Å². The van der Waals surface area contributed by atoms with E-state index in [0.29, 0.717) is 0 Å². The number of nitrogens with zero attached hydrogens (tertiary/aromatic N) is 4. The molecule has 0 N–H and O–H groups in total. The molecule has 0 saturated heterocycles. The van der Waals surface area contributed by atoms with E-state index in [1.165, 1.54) is 22.3 Å². The van der Waals surface area contributed by atoms with Gasteiger partial charge >= 0.3 is 0 Å². The average Bonchev–Trinajstić information content (AvgIpc) is 3.17. The number of hydrogen-bond acceptors (Lipinski definition) is 4. The Kier molecular flexibility index (Phi) is 4.72. The third-order valence-electron chi connectivity index (χ3n) is 5.75. The van der Waals surface area contributed by atoms with E-state index in [4.69, 9.17) is 9.84 Å². The highest BCUT2D eigenvalue weighted by Gasteiger charge is 2.19. The molecule has 0 spiro atoms. The van der Waals surface area contributed by atoms with Crippen molar-refractivity contribution in [3.63, 3.8) is 0 Å². The van der Waals surface area contributed by atoms with Crippen molar-refractivity contribution in [2.24, 2.45) is 0 Å². The number of hydrogen-bond donors (Lipinski definition) is 0. The summed E-state index contributed by atoms with van der Waals surface area (Å²) in [7, 11) is 1.70. The van der Waals surface area contributed by atoms with Crippen LogP contribution in [0.4, 0.5) is 0 Å². The minimum absolute atomic E-state index is 0.855. The maximum Gasteiger partial charge on any atom is 0.178 e. The van der Waals surface area contributed by atoms with E-state index in [0.717, 1.165) is 61.4 Å². The van der Waals surface area contributed by atoms with Crippen molar-refractivity contribution >= 4 is 5.65 Å². The van der Waals surface area contributed by atoms with Crippen LogP contribution in [-0.4, -0.2) is 26.9 Å². The molecule has 5 heteroatoms. The maximum absolute atomic E-state index is 5.22. The second-order valence-corrected chi connectivity index (χ2v) is 7.62. The van der Waals surface area contributed by atoms with Gasteiger partial charge in [0.2, 0.25) is 0 Å². The fraction of sp³-hybridized carbons (Fsp3) is 0.292. The van der Waals surface area contributed by atoms with E-state index in [2.05, 4.69) is 52.7 Å². The molecule has 5 nitrogen and oxygen atoms in total. The molecule has 0 saturated carbocycles. The lowest BCUT2D eigenvalue weighted by Crippen LogP contribution is -2.09. The van der Waals surface area contributed by atoms with Crippen LogP contribution in [0.25, 0.3) is 16.9 Å². The first-order chi connectivity index (χ1) is 14.3. The zero-order valence-corrected chi connectivity index (χ0v) is 16.6. The highest BCUT2D eigenvalue weighted by molar-refractivity contribution is 5.70. The molecule has 0 bridgehead atoms. The van der Waals surface area contributed by atoms with E-state index in [1.807, 2.05) is 16.6 Å². The van der Waals surface area contributed by atoms with Gasteiger partial charge in [0.05, 0.1) is 12.8 Å². The van der Waals surface area contributed by atoms with E-state index >= 15 is 0 Å². The van der Waals surface area contributed by atoms with Gasteiger partial charge in [-0.05, 0) is 67.0 Å². The van der Waals surface area contributed by atoms with Crippen LogP contribution in [0.2, 0.25) is 0 Å². The topological polar surface area (TPSA) is 52.3 Å². The molecule has 1 aliphatic carbocycles. The van der Waals surface area contributed by atoms with E-state index in [9.17, 15) is 0 Å². The first-order valence-electron chi connectivity index (χ1n) is 10.3. The van der Waals surface area contributed by atoms with Gasteiger partial charge in [0.1, 0.15) is 5.75 Å². The second kappa shape index (κ2) is 7.66. The standard InChI is InChI=1S/C24H24N4O/c1-29-20-14-10-17(11-15-20)6-2-5-9-22-25-26-23-16-19-13-12-18-7-3-4-8-21(18)24(19)27-28(22)23/h3-4,7-8,10-11,14-16H,2,5-6,9,12-13H2,1H3. The van der Waals surface area contributed by atoms with E-state index in [-0.39, 0.29) is 0 Å². The van der Waals surface area contributed by atoms with Crippen LogP contribution >= 0.6 is 0 Å². The van der Waals surface area contributed by atoms with Crippen LogP contribution in [-0.2, 0) is 25.7 Å². The molecular weight excluding hydrogens is 360 g/mol. The van der Waals surface area contributed by atoms with Gasteiger partial charge in [-0.25, -0.2) is 0 Å². The van der Waals surface area contributed by atoms with Gasteiger partial charge in [-0.1, -0.05) is 36.4 Å². The SMILES string of the molecule is COc1ccc(CCCCc2nnc3cc4c(nn23)-c2ccccc2CC4)cc1. The molecule has 1 aliphatic rings. The zero-order valence-electron chi connectivity index (χ0n) is 16.6. The largest absolute Gasteiger partial charge is 0.497 e. The maximum atomic E-state index is 5.22. The lowest BCUT2D eigenvalue weighted by atomic mass is 9.89. The molecule has 2 aromatic carbocycles. The number of aryl methyl sites for hydroxylation is 4. The van der Waals surface area contributed by atoms with Crippen LogP contribution in [0, 0.1) is 0 Å². The summed E-state index contributed by atoms with van der Waals surface area (Å²) < 4.78 is 7.16. The number of unbranched alkanes of at least 4 members (excludes halogenated alkanes) is 1. The number of rotatable bonds is 6. The Hall–Kier alpha value is -3.21. The number of methoxy groups -OCH3 is 1. The summed E-state index contributed by atoms with van der Waals surface area (Å²) in [5.74, 6) is 1.85. The molecule has 0 unspecified atom stereocenters. The third kappa shape index (κ3) is 3.48. The molecule has 0 fully saturated rings. The molecule has 0 amide bonds. The fourth-order valence-electron chi connectivity index (χ4n) is 4.13. The summed E-state index contributed by atoms with van der Waals surface area (Å²) in [6.07, 6.45) is 6.17. The Morgan fingerprint density at radius 1 is 0.897 bits per heavy atom. The molecule has 2 heterocycles.